The molecule has 24 valence electrons. The summed E-state index contributed by atoms with van der Waals surface area (Å²) in [7, 11) is 0. The van der Waals surface area contributed by atoms with Gasteiger partial charge in [0, 0.05) is 0 Å². The topological polar surface area (TPSA) is 63.2 Å². The molecular formula is CO3Rb2. The monoisotopic (exact) mass is 230 g/mol. The van der Waals surface area contributed by atoms with Crippen LogP contribution in [0.2, 0.25) is 0 Å². The molecule has 0 heterocycles. The van der Waals surface area contributed by atoms with Gasteiger partial charge in [0.05, 0.1) is 0 Å². The molecule has 0 N–H and O–H groups in total. The molecule has 0 aromatic carbocycles. The van der Waals surface area contributed by atoms with Gasteiger partial charge in [0.25, 0.3) is 0 Å². The van der Waals surface area contributed by atoms with E-state index >= 15 is 0 Å². The van der Waals surface area contributed by atoms with Crippen molar-refractivity contribution < 1.29 is 131 Å². The van der Waals surface area contributed by atoms with Crippen molar-refractivity contribution in [3.63, 3.8) is 0 Å². The summed E-state index contributed by atoms with van der Waals surface area (Å²) in [5.41, 5.74) is 0. The standard InChI is InChI=1S/CH2O3.2Rb/c2-1(3)4;;/h(H2,2,3,4);;/q;2*+1/p-2. The average molecular weight is 231 g/mol. The van der Waals surface area contributed by atoms with Gasteiger partial charge in [-0.25, -0.2) is 0 Å². The van der Waals surface area contributed by atoms with Gasteiger partial charge in [-0.1, -0.05) is 0 Å². The first-order valence-corrected chi connectivity index (χ1v) is 0.612. The van der Waals surface area contributed by atoms with Gasteiger partial charge >= 0.3 is 116 Å². The van der Waals surface area contributed by atoms with Gasteiger partial charge in [0.15, 0.2) is 0 Å². The van der Waals surface area contributed by atoms with E-state index in [-0.39, 0.29) is 116 Å². The first kappa shape index (κ1) is 15.9. The fourth-order valence-electron chi connectivity index (χ4n) is 0. The molecule has 0 amide bonds. The van der Waals surface area contributed by atoms with Crippen molar-refractivity contribution in [2.75, 3.05) is 0 Å². The summed E-state index contributed by atoms with van der Waals surface area (Å²) in [6, 6.07) is 0. The zero-order valence-corrected chi connectivity index (χ0v) is 13.6. The predicted molar refractivity (Wildman–Crippen MR) is 5.40 cm³/mol. The molecule has 0 fully saturated rings. The van der Waals surface area contributed by atoms with Gasteiger partial charge in [-0.3, -0.25) is 0 Å². The number of carbonyl (C=O) groups excluding carboxylic acids is 1. The second-order valence-electron chi connectivity index (χ2n) is 0.250. The summed E-state index contributed by atoms with van der Waals surface area (Å²) in [4.78, 5) is 8.33. The molecule has 0 rings (SSSR count). The van der Waals surface area contributed by atoms with E-state index in [0.717, 1.165) is 0 Å². The predicted octanol–water partition coefficient (Wildman–Crippen LogP) is -8.44. The van der Waals surface area contributed by atoms with Crippen LogP contribution in [0.15, 0.2) is 0 Å². The Morgan fingerprint density at radius 3 is 1.17 bits per heavy atom. The molecule has 0 aromatic heterocycles. The average Bonchev–Trinajstić information content (AvgIpc) is 0.811. The molecule has 0 aliphatic carbocycles. The summed E-state index contributed by atoms with van der Waals surface area (Å²) in [6.45, 7) is 0. The minimum absolute atomic E-state index is 0. The molecule has 6 heavy (non-hydrogen) atoms. The molecule has 0 atom stereocenters. The van der Waals surface area contributed by atoms with Crippen LogP contribution < -0.4 is 127 Å². The minimum atomic E-state index is -2.33. The third-order valence-electron chi connectivity index (χ3n) is 0. The molecule has 0 spiro atoms. The van der Waals surface area contributed by atoms with Gasteiger partial charge in [0.2, 0.25) is 0 Å². The van der Waals surface area contributed by atoms with Crippen molar-refractivity contribution in [3.8, 4) is 0 Å². The van der Waals surface area contributed by atoms with Crippen molar-refractivity contribution in [2.45, 2.75) is 0 Å². The van der Waals surface area contributed by atoms with Crippen molar-refractivity contribution in [1.29, 1.82) is 0 Å². The summed E-state index contributed by atoms with van der Waals surface area (Å²) in [5, 5.41) is 16.7. The second-order valence-corrected chi connectivity index (χ2v) is 0.250. The summed E-state index contributed by atoms with van der Waals surface area (Å²) in [5.74, 6) is 0. The van der Waals surface area contributed by atoms with Crippen LogP contribution in [0.1, 0.15) is 0 Å². The van der Waals surface area contributed by atoms with Crippen molar-refractivity contribution in [2.24, 2.45) is 0 Å². The van der Waals surface area contributed by atoms with E-state index in [2.05, 4.69) is 0 Å². The summed E-state index contributed by atoms with van der Waals surface area (Å²) in [6.07, 6.45) is -2.33. The Morgan fingerprint density at radius 2 is 1.17 bits per heavy atom. The molecule has 0 aliphatic heterocycles. The molecule has 0 aromatic rings. The van der Waals surface area contributed by atoms with E-state index in [1.54, 1.807) is 0 Å². The fraction of sp³-hybridized carbons (Fsp3) is 0. The van der Waals surface area contributed by atoms with E-state index in [1.807, 2.05) is 0 Å². The molecule has 3 nitrogen and oxygen atoms in total. The van der Waals surface area contributed by atoms with Gasteiger partial charge in [0.1, 0.15) is 0 Å². The largest absolute Gasteiger partial charge is 1.00 e. The molecule has 0 aliphatic rings. The van der Waals surface area contributed by atoms with Crippen LogP contribution in [-0.4, -0.2) is 6.16 Å². The van der Waals surface area contributed by atoms with E-state index in [4.69, 9.17) is 15.0 Å². The molecule has 0 radical (unpaired) electrons. The third kappa shape index (κ3) is 28.7. The van der Waals surface area contributed by atoms with Crippen LogP contribution in [0.4, 0.5) is 4.79 Å². The van der Waals surface area contributed by atoms with Crippen molar-refractivity contribution >= 4 is 6.16 Å². The number of carbonyl (C=O) groups is 1. The van der Waals surface area contributed by atoms with Crippen molar-refractivity contribution in [3.05, 3.63) is 0 Å². The van der Waals surface area contributed by atoms with Crippen LogP contribution in [0.3, 0.4) is 0 Å². The van der Waals surface area contributed by atoms with Crippen LogP contribution in [0.5, 0.6) is 0 Å². The Bertz CT molecular complexity index is 31.8. The smallest absolute Gasteiger partial charge is 0.652 e. The Balaban J connectivity index is -0.0000000450. The zero-order chi connectivity index (χ0) is 3.58. The zero-order valence-electron chi connectivity index (χ0n) is 3.72. The first-order chi connectivity index (χ1) is 1.73. The molecule has 5 heteroatoms. The Hall–Kier alpha value is 2.88. The molecule has 0 unspecified atom stereocenters. The van der Waals surface area contributed by atoms with Gasteiger partial charge in [-0.2, -0.15) is 0 Å². The van der Waals surface area contributed by atoms with Crippen molar-refractivity contribution in [1.82, 2.24) is 0 Å². The summed E-state index contributed by atoms with van der Waals surface area (Å²) < 4.78 is 0. The number of carboxylic acid groups (broad SMARTS) is 2. The summed E-state index contributed by atoms with van der Waals surface area (Å²) >= 11 is 0. The molecule has 0 saturated heterocycles. The number of rotatable bonds is 0. The SMILES string of the molecule is O=C([O-])[O-].[Rb+].[Rb+]. The maximum absolute atomic E-state index is 8.33. The Kier molecular flexibility index (Phi) is 28.7. The normalized spacial score (nSPS) is 4.00. The fourth-order valence-corrected chi connectivity index (χ4v) is 0. The van der Waals surface area contributed by atoms with Gasteiger partial charge in [-0.05, 0) is 6.16 Å². The number of hydrogen-bond donors (Lipinski definition) is 0. The maximum atomic E-state index is 8.33. The van der Waals surface area contributed by atoms with E-state index in [9.17, 15) is 0 Å². The van der Waals surface area contributed by atoms with Gasteiger partial charge in [-0.15, -0.1) is 0 Å². The van der Waals surface area contributed by atoms with Crippen LogP contribution in [-0.2, 0) is 0 Å². The van der Waals surface area contributed by atoms with Gasteiger partial charge < -0.3 is 15.0 Å². The van der Waals surface area contributed by atoms with Crippen LogP contribution in [0, 0.1) is 0 Å². The molecule has 0 saturated carbocycles. The molecular weight excluding hydrogens is 231 g/mol. The Morgan fingerprint density at radius 1 is 1.17 bits per heavy atom. The first-order valence-electron chi connectivity index (χ1n) is 0.612. The van der Waals surface area contributed by atoms with Crippen LogP contribution in [0.25, 0.3) is 0 Å². The number of hydrogen-bond acceptors (Lipinski definition) is 3. The maximum Gasteiger partial charge on any atom is 1.00 e. The molecule has 0 bridgehead atoms. The second kappa shape index (κ2) is 10.8. The van der Waals surface area contributed by atoms with Crippen LogP contribution >= 0.6 is 0 Å². The van der Waals surface area contributed by atoms with E-state index < -0.39 is 6.16 Å². The van der Waals surface area contributed by atoms with E-state index in [0.29, 0.717) is 0 Å². The quantitative estimate of drug-likeness (QED) is 0.416. The third-order valence-corrected chi connectivity index (χ3v) is 0. The van der Waals surface area contributed by atoms with E-state index in [1.165, 1.54) is 0 Å². The Labute approximate surface area is 133 Å². The minimum Gasteiger partial charge on any atom is -0.652 e.